The Morgan fingerprint density at radius 2 is 1.88 bits per heavy atom. The lowest BCUT2D eigenvalue weighted by Gasteiger charge is -2.38. The Hall–Kier alpha value is -1.36. The lowest BCUT2D eigenvalue weighted by atomic mass is 9.95. The molecule has 5 heteroatoms. The van der Waals surface area contributed by atoms with Gasteiger partial charge >= 0.3 is 5.97 Å². The summed E-state index contributed by atoms with van der Waals surface area (Å²) in [7, 11) is 0. The van der Waals surface area contributed by atoms with Crippen molar-refractivity contribution in [1.82, 2.24) is 4.90 Å². The van der Waals surface area contributed by atoms with Crippen molar-refractivity contribution in [2.75, 3.05) is 13.1 Å². The molecular weight excluding hydrogens is 286 g/mol. The fourth-order valence-electron chi connectivity index (χ4n) is 1.89. The molecule has 0 radical (unpaired) electrons. The highest BCUT2D eigenvalue weighted by atomic mass is 79.9. The maximum absolute atomic E-state index is 11.9. The van der Waals surface area contributed by atoms with Crippen LogP contribution in [0.25, 0.3) is 0 Å². The molecule has 0 atom stereocenters. The lowest BCUT2D eigenvalue weighted by Crippen LogP contribution is -2.50. The van der Waals surface area contributed by atoms with Gasteiger partial charge in [-0.1, -0.05) is 15.9 Å². The number of nitrogens with zero attached hydrogens (tertiary/aromatic N) is 1. The Morgan fingerprint density at radius 3 is 2.41 bits per heavy atom. The normalized spacial score (nSPS) is 15.5. The summed E-state index contributed by atoms with van der Waals surface area (Å²) in [5.74, 6) is -0.725. The zero-order chi connectivity index (χ0) is 12.4. The molecule has 1 N–H and O–H groups in total. The number of likely N-dealkylation sites (tertiary alicyclic amines) is 1. The summed E-state index contributed by atoms with van der Waals surface area (Å²) < 4.78 is 0.932. The highest BCUT2D eigenvalue weighted by Gasteiger charge is 2.32. The van der Waals surface area contributed by atoms with Crippen molar-refractivity contribution in [2.24, 2.45) is 5.92 Å². The van der Waals surface area contributed by atoms with Crippen LogP contribution >= 0.6 is 15.9 Å². The van der Waals surface area contributed by atoms with Crippen LogP contribution in [-0.4, -0.2) is 35.0 Å². The summed E-state index contributed by atoms with van der Waals surface area (Å²) in [6, 6.07) is 7.16. The summed E-state index contributed by atoms with van der Waals surface area (Å²) >= 11 is 3.31. The predicted molar refractivity (Wildman–Crippen MR) is 65.8 cm³/mol. The van der Waals surface area contributed by atoms with E-state index in [1.165, 1.54) is 0 Å². The van der Waals surface area contributed by atoms with Crippen molar-refractivity contribution in [3.05, 3.63) is 34.3 Å². The van der Waals surface area contributed by atoms with Gasteiger partial charge in [-0.25, -0.2) is 0 Å². The second-order valence-electron chi connectivity index (χ2n) is 4.18. The third-order valence-corrected chi connectivity index (χ3v) is 3.33. The lowest BCUT2D eigenvalue weighted by molar-refractivity contribution is -0.139. The number of carbonyl (C=O) groups is 2. The molecule has 4 nitrogen and oxygen atoms in total. The van der Waals surface area contributed by atoms with Crippen LogP contribution in [0.1, 0.15) is 16.8 Å². The molecule has 1 fully saturated rings. The fourth-order valence-corrected chi connectivity index (χ4v) is 2.15. The minimum Gasteiger partial charge on any atom is -0.481 e. The van der Waals surface area contributed by atoms with E-state index in [0.717, 1.165) is 4.47 Å². The quantitative estimate of drug-likeness (QED) is 0.928. The number of benzene rings is 1. The molecule has 1 amide bonds. The number of rotatable bonds is 3. The zero-order valence-electron chi connectivity index (χ0n) is 9.10. The van der Waals surface area contributed by atoms with E-state index in [-0.39, 0.29) is 18.2 Å². The van der Waals surface area contributed by atoms with Gasteiger partial charge in [0.1, 0.15) is 0 Å². The van der Waals surface area contributed by atoms with Crippen molar-refractivity contribution in [3.63, 3.8) is 0 Å². The molecule has 1 aromatic rings. The van der Waals surface area contributed by atoms with E-state index in [1.807, 2.05) is 12.1 Å². The first kappa shape index (κ1) is 12.1. The van der Waals surface area contributed by atoms with Crippen LogP contribution in [0.5, 0.6) is 0 Å². The Balaban J connectivity index is 1.91. The molecule has 0 aliphatic carbocycles. The first-order valence-electron chi connectivity index (χ1n) is 5.33. The van der Waals surface area contributed by atoms with Crippen LogP contribution in [0.4, 0.5) is 0 Å². The Labute approximate surface area is 107 Å². The average molecular weight is 298 g/mol. The van der Waals surface area contributed by atoms with Crippen LogP contribution in [0.3, 0.4) is 0 Å². The molecule has 1 aliphatic rings. The standard InChI is InChI=1S/C12H12BrNO3/c13-10-3-1-9(2-4-10)12(17)14-6-8(7-14)5-11(15)16/h1-4,8H,5-7H2,(H,15,16). The molecule has 1 heterocycles. The first-order valence-corrected chi connectivity index (χ1v) is 6.12. The van der Waals surface area contributed by atoms with Gasteiger partial charge in [0.2, 0.25) is 0 Å². The largest absolute Gasteiger partial charge is 0.481 e. The second kappa shape index (κ2) is 4.87. The molecule has 1 saturated heterocycles. The molecule has 1 aromatic carbocycles. The van der Waals surface area contributed by atoms with E-state index in [9.17, 15) is 9.59 Å². The summed E-state index contributed by atoms with van der Waals surface area (Å²) in [6.07, 6.45) is 0.143. The number of amides is 1. The second-order valence-corrected chi connectivity index (χ2v) is 5.10. The molecular formula is C12H12BrNO3. The average Bonchev–Trinajstić information content (AvgIpc) is 2.23. The van der Waals surface area contributed by atoms with Gasteiger partial charge in [-0.05, 0) is 24.3 Å². The third kappa shape index (κ3) is 2.85. The van der Waals surface area contributed by atoms with Gasteiger partial charge in [0.25, 0.3) is 5.91 Å². The van der Waals surface area contributed by atoms with Crippen molar-refractivity contribution in [1.29, 1.82) is 0 Å². The monoisotopic (exact) mass is 297 g/mol. The zero-order valence-corrected chi connectivity index (χ0v) is 10.7. The number of halogens is 1. The minimum absolute atomic E-state index is 0.0286. The molecule has 90 valence electrons. The Kier molecular flexibility index (Phi) is 3.47. The van der Waals surface area contributed by atoms with Gasteiger partial charge in [-0.15, -0.1) is 0 Å². The SMILES string of the molecule is O=C(O)CC1CN(C(=O)c2ccc(Br)cc2)C1. The van der Waals surface area contributed by atoms with Crippen LogP contribution in [0.2, 0.25) is 0 Å². The summed E-state index contributed by atoms with van der Waals surface area (Å²) in [5, 5.41) is 8.61. The summed E-state index contributed by atoms with van der Waals surface area (Å²) in [6.45, 7) is 1.09. The Bertz CT molecular complexity index is 438. The van der Waals surface area contributed by atoms with E-state index < -0.39 is 5.97 Å². The molecule has 1 aliphatic heterocycles. The number of hydrogen-bond acceptors (Lipinski definition) is 2. The fraction of sp³-hybridized carbons (Fsp3) is 0.333. The van der Waals surface area contributed by atoms with Gasteiger partial charge in [-0.3, -0.25) is 9.59 Å². The molecule has 0 aromatic heterocycles. The molecule has 0 unspecified atom stereocenters. The summed E-state index contributed by atoms with van der Waals surface area (Å²) in [4.78, 5) is 24.1. The van der Waals surface area contributed by atoms with Gasteiger partial charge in [0.15, 0.2) is 0 Å². The highest BCUT2D eigenvalue weighted by Crippen LogP contribution is 2.22. The van der Waals surface area contributed by atoms with E-state index in [4.69, 9.17) is 5.11 Å². The van der Waals surface area contributed by atoms with E-state index in [0.29, 0.717) is 18.7 Å². The number of hydrogen-bond donors (Lipinski definition) is 1. The van der Waals surface area contributed by atoms with Crippen LogP contribution in [-0.2, 0) is 4.79 Å². The molecule has 0 spiro atoms. The third-order valence-electron chi connectivity index (χ3n) is 2.80. The Morgan fingerprint density at radius 1 is 1.29 bits per heavy atom. The van der Waals surface area contributed by atoms with Crippen LogP contribution in [0.15, 0.2) is 28.7 Å². The summed E-state index contributed by atoms with van der Waals surface area (Å²) in [5.41, 5.74) is 0.641. The van der Waals surface area contributed by atoms with Gasteiger partial charge < -0.3 is 10.0 Å². The minimum atomic E-state index is -0.800. The highest BCUT2D eigenvalue weighted by molar-refractivity contribution is 9.10. The van der Waals surface area contributed by atoms with Crippen molar-refractivity contribution in [3.8, 4) is 0 Å². The van der Waals surface area contributed by atoms with Crippen molar-refractivity contribution >= 4 is 27.8 Å². The van der Waals surface area contributed by atoms with E-state index >= 15 is 0 Å². The van der Waals surface area contributed by atoms with Gasteiger partial charge in [0, 0.05) is 29.0 Å². The maximum atomic E-state index is 11.9. The first-order chi connectivity index (χ1) is 8.06. The van der Waals surface area contributed by atoms with Crippen molar-refractivity contribution in [2.45, 2.75) is 6.42 Å². The van der Waals surface area contributed by atoms with E-state index in [2.05, 4.69) is 15.9 Å². The van der Waals surface area contributed by atoms with Crippen LogP contribution < -0.4 is 0 Å². The van der Waals surface area contributed by atoms with Gasteiger partial charge in [-0.2, -0.15) is 0 Å². The number of carbonyl (C=O) groups excluding carboxylic acids is 1. The predicted octanol–water partition coefficient (Wildman–Crippen LogP) is 2.00. The van der Waals surface area contributed by atoms with Crippen LogP contribution in [0, 0.1) is 5.92 Å². The molecule has 0 bridgehead atoms. The molecule has 2 rings (SSSR count). The maximum Gasteiger partial charge on any atom is 0.303 e. The molecule has 17 heavy (non-hydrogen) atoms. The topological polar surface area (TPSA) is 57.6 Å². The molecule has 0 saturated carbocycles. The number of aliphatic carboxylic acids is 1. The smallest absolute Gasteiger partial charge is 0.303 e. The van der Waals surface area contributed by atoms with Crippen molar-refractivity contribution < 1.29 is 14.7 Å². The number of carboxylic acids is 1. The van der Waals surface area contributed by atoms with Gasteiger partial charge in [0.05, 0.1) is 6.42 Å². The van der Waals surface area contributed by atoms with E-state index in [1.54, 1.807) is 17.0 Å². The number of carboxylic acid groups (broad SMARTS) is 1.